The molecule has 1 aromatic rings. The van der Waals surface area contributed by atoms with E-state index in [1.807, 2.05) is 18.4 Å². The van der Waals surface area contributed by atoms with Crippen LogP contribution >= 0.6 is 11.8 Å². The number of carbonyl (C=O) groups is 2. The summed E-state index contributed by atoms with van der Waals surface area (Å²) in [6, 6.07) is 6.16. The largest absolute Gasteiger partial charge is 0.480 e. The van der Waals surface area contributed by atoms with Crippen LogP contribution in [-0.2, 0) is 4.79 Å². The minimum Gasteiger partial charge on any atom is -0.480 e. The topological polar surface area (TPSA) is 66.4 Å². The molecule has 0 saturated carbocycles. The van der Waals surface area contributed by atoms with Crippen LogP contribution in [0.1, 0.15) is 23.2 Å². The zero-order valence-corrected chi connectivity index (χ0v) is 11.6. The number of carbonyl (C=O) groups excluding carboxylic acids is 1. The Labute approximate surface area is 116 Å². The van der Waals surface area contributed by atoms with Gasteiger partial charge in [0, 0.05) is 10.5 Å². The van der Waals surface area contributed by atoms with Gasteiger partial charge < -0.3 is 10.4 Å². The summed E-state index contributed by atoms with van der Waals surface area (Å²) in [7, 11) is 0. The van der Waals surface area contributed by atoms with Crippen molar-refractivity contribution in [2.75, 3.05) is 6.26 Å². The van der Waals surface area contributed by atoms with Gasteiger partial charge in [-0.1, -0.05) is 6.08 Å². The van der Waals surface area contributed by atoms with Crippen molar-refractivity contribution < 1.29 is 14.7 Å². The third-order valence-corrected chi connectivity index (χ3v) is 3.36. The van der Waals surface area contributed by atoms with Gasteiger partial charge >= 0.3 is 5.97 Å². The zero-order valence-electron chi connectivity index (χ0n) is 10.8. The Bertz CT molecular complexity index is 456. The van der Waals surface area contributed by atoms with Crippen LogP contribution in [0.2, 0.25) is 0 Å². The number of allylic oxidation sites excluding steroid dienone is 1. The number of hydrogen-bond acceptors (Lipinski definition) is 3. The van der Waals surface area contributed by atoms with Crippen molar-refractivity contribution in [3.63, 3.8) is 0 Å². The van der Waals surface area contributed by atoms with Gasteiger partial charge in [0.15, 0.2) is 0 Å². The predicted molar refractivity (Wildman–Crippen MR) is 76.5 cm³/mol. The lowest BCUT2D eigenvalue weighted by Crippen LogP contribution is -2.40. The summed E-state index contributed by atoms with van der Waals surface area (Å²) in [6.45, 7) is 3.54. The highest BCUT2D eigenvalue weighted by Gasteiger charge is 2.19. The van der Waals surface area contributed by atoms with Crippen molar-refractivity contribution in [1.29, 1.82) is 0 Å². The Balaban J connectivity index is 2.69. The average molecular weight is 279 g/mol. The molecule has 2 N–H and O–H groups in total. The fraction of sp³-hybridized carbons (Fsp3) is 0.286. The van der Waals surface area contributed by atoms with Crippen LogP contribution in [-0.4, -0.2) is 29.3 Å². The molecule has 0 aromatic heterocycles. The number of aliphatic carboxylic acids is 1. The Morgan fingerprint density at radius 2 is 2.05 bits per heavy atom. The Morgan fingerprint density at radius 1 is 1.42 bits per heavy atom. The van der Waals surface area contributed by atoms with Gasteiger partial charge in [0.2, 0.25) is 0 Å². The van der Waals surface area contributed by atoms with Gasteiger partial charge in [-0.05, 0) is 43.4 Å². The van der Waals surface area contributed by atoms with Gasteiger partial charge in [0.1, 0.15) is 6.04 Å². The number of carboxylic acid groups (broad SMARTS) is 1. The summed E-state index contributed by atoms with van der Waals surface area (Å²) in [5, 5.41) is 11.5. The number of amides is 1. The second-order valence-corrected chi connectivity index (χ2v) is 4.84. The first-order valence-electron chi connectivity index (χ1n) is 5.87. The third kappa shape index (κ3) is 4.79. The molecule has 19 heavy (non-hydrogen) atoms. The molecule has 1 rings (SSSR count). The second-order valence-electron chi connectivity index (χ2n) is 3.96. The van der Waals surface area contributed by atoms with Gasteiger partial charge in [-0.25, -0.2) is 4.79 Å². The maximum Gasteiger partial charge on any atom is 0.326 e. The van der Waals surface area contributed by atoms with Crippen LogP contribution in [0.3, 0.4) is 0 Å². The Kier molecular flexibility index (Phi) is 6.15. The molecule has 0 fully saturated rings. The summed E-state index contributed by atoms with van der Waals surface area (Å²) in [6.07, 6.45) is 4.47. The minimum atomic E-state index is -1.03. The van der Waals surface area contributed by atoms with Crippen LogP contribution in [0.5, 0.6) is 0 Å². The third-order valence-electron chi connectivity index (χ3n) is 2.62. The van der Waals surface area contributed by atoms with E-state index in [4.69, 9.17) is 5.11 Å². The Morgan fingerprint density at radius 3 is 2.53 bits per heavy atom. The highest BCUT2D eigenvalue weighted by atomic mass is 32.2. The monoisotopic (exact) mass is 279 g/mol. The number of carboxylic acids is 1. The van der Waals surface area contributed by atoms with E-state index in [1.54, 1.807) is 30.0 Å². The molecule has 1 unspecified atom stereocenters. The van der Waals surface area contributed by atoms with Crippen molar-refractivity contribution >= 4 is 23.6 Å². The average Bonchev–Trinajstić information content (AvgIpc) is 2.43. The quantitative estimate of drug-likeness (QED) is 0.594. The molecule has 0 bridgehead atoms. The lowest BCUT2D eigenvalue weighted by atomic mass is 10.1. The lowest BCUT2D eigenvalue weighted by molar-refractivity contribution is -0.139. The van der Waals surface area contributed by atoms with E-state index in [1.165, 1.54) is 0 Å². The SMILES string of the molecule is C=CCCC(NC(=O)c1ccc(SC)cc1)C(=O)O. The van der Waals surface area contributed by atoms with E-state index in [0.717, 1.165) is 4.90 Å². The van der Waals surface area contributed by atoms with E-state index in [0.29, 0.717) is 18.4 Å². The molecule has 1 amide bonds. The smallest absolute Gasteiger partial charge is 0.326 e. The first-order valence-corrected chi connectivity index (χ1v) is 7.09. The fourth-order valence-electron chi connectivity index (χ4n) is 1.53. The normalized spacial score (nSPS) is 11.6. The van der Waals surface area contributed by atoms with Crippen molar-refractivity contribution in [3.8, 4) is 0 Å². The van der Waals surface area contributed by atoms with Crippen LogP contribution in [0.4, 0.5) is 0 Å². The molecule has 1 atom stereocenters. The van der Waals surface area contributed by atoms with Crippen LogP contribution in [0.15, 0.2) is 41.8 Å². The molecule has 5 heteroatoms. The lowest BCUT2D eigenvalue weighted by Gasteiger charge is -2.13. The molecule has 0 spiro atoms. The summed E-state index contributed by atoms with van der Waals surface area (Å²) < 4.78 is 0. The number of rotatable bonds is 7. The van der Waals surface area contributed by atoms with Crippen LogP contribution < -0.4 is 5.32 Å². The molecular formula is C14H17NO3S. The summed E-state index contributed by atoms with van der Waals surface area (Å²) in [4.78, 5) is 24.0. The molecule has 0 radical (unpaired) electrons. The predicted octanol–water partition coefficient (Wildman–Crippen LogP) is 2.56. The number of benzene rings is 1. The molecule has 0 aliphatic rings. The highest BCUT2D eigenvalue weighted by molar-refractivity contribution is 7.98. The molecule has 0 aliphatic carbocycles. The number of nitrogens with one attached hydrogen (secondary N) is 1. The minimum absolute atomic E-state index is 0.341. The van der Waals surface area contributed by atoms with E-state index < -0.39 is 12.0 Å². The standard InChI is InChI=1S/C14H17NO3S/c1-3-4-5-12(14(17)18)15-13(16)10-6-8-11(19-2)9-7-10/h3,6-9,12H,1,4-5H2,2H3,(H,15,16)(H,17,18). The summed E-state index contributed by atoms with van der Waals surface area (Å²) in [5.41, 5.74) is 0.461. The summed E-state index contributed by atoms with van der Waals surface area (Å²) in [5.74, 6) is -1.40. The van der Waals surface area contributed by atoms with Crippen molar-refractivity contribution in [3.05, 3.63) is 42.5 Å². The fourth-order valence-corrected chi connectivity index (χ4v) is 1.93. The summed E-state index contributed by atoms with van der Waals surface area (Å²) >= 11 is 1.58. The first kappa shape index (κ1) is 15.3. The van der Waals surface area contributed by atoms with Crippen molar-refractivity contribution in [2.24, 2.45) is 0 Å². The van der Waals surface area contributed by atoms with Crippen LogP contribution in [0.25, 0.3) is 0 Å². The molecule has 0 heterocycles. The maximum absolute atomic E-state index is 11.9. The van der Waals surface area contributed by atoms with Gasteiger partial charge in [-0.3, -0.25) is 4.79 Å². The van der Waals surface area contributed by atoms with E-state index in [9.17, 15) is 9.59 Å². The van der Waals surface area contributed by atoms with E-state index >= 15 is 0 Å². The number of hydrogen-bond donors (Lipinski definition) is 2. The molecule has 0 aliphatic heterocycles. The van der Waals surface area contributed by atoms with Crippen molar-refractivity contribution in [1.82, 2.24) is 5.32 Å². The van der Waals surface area contributed by atoms with Gasteiger partial charge in [-0.15, -0.1) is 18.3 Å². The molecular weight excluding hydrogens is 262 g/mol. The number of thioether (sulfide) groups is 1. The molecule has 4 nitrogen and oxygen atoms in total. The maximum atomic E-state index is 11.9. The Hall–Kier alpha value is -1.75. The van der Waals surface area contributed by atoms with Crippen LogP contribution in [0, 0.1) is 0 Å². The van der Waals surface area contributed by atoms with Gasteiger partial charge in [0.05, 0.1) is 0 Å². The zero-order chi connectivity index (χ0) is 14.3. The molecule has 1 aromatic carbocycles. The highest BCUT2D eigenvalue weighted by Crippen LogP contribution is 2.15. The molecule has 0 saturated heterocycles. The van der Waals surface area contributed by atoms with E-state index in [2.05, 4.69) is 11.9 Å². The first-order chi connectivity index (χ1) is 9.08. The van der Waals surface area contributed by atoms with Gasteiger partial charge in [0.25, 0.3) is 5.91 Å². The van der Waals surface area contributed by atoms with E-state index in [-0.39, 0.29) is 5.91 Å². The van der Waals surface area contributed by atoms with Gasteiger partial charge in [-0.2, -0.15) is 0 Å². The second kappa shape index (κ2) is 7.63. The van der Waals surface area contributed by atoms with Crippen molar-refractivity contribution in [2.45, 2.75) is 23.8 Å². The molecule has 102 valence electrons.